The van der Waals surface area contributed by atoms with Gasteiger partial charge in [0.2, 0.25) is 0 Å². The van der Waals surface area contributed by atoms with Gasteiger partial charge in [0, 0.05) is 44.5 Å². The molecule has 2 heterocycles. The molecular weight excluding hydrogens is 779 g/mol. The zero-order chi connectivity index (χ0) is 42.7. The number of para-hydroxylation sites is 2. The first-order chi connectivity index (χ1) is 31.5. The summed E-state index contributed by atoms with van der Waals surface area (Å²) in [7, 11) is 0. The van der Waals surface area contributed by atoms with Crippen LogP contribution in [0.5, 0.6) is 0 Å². The highest BCUT2D eigenvalue weighted by Crippen LogP contribution is 2.46. The Balaban J connectivity index is 1.12. The van der Waals surface area contributed by atoms with Crippen molar-refractivity contribution in [1.29, 1.82) is 0 Å². The number of benzene rings is 9. The maximum Gasteiger partial charge on any atom is 0.164 e. The summed E-state index contributed by atoms with van der Waals surface area (Å²) in [6, 6.07) is 71.6. The summed E-state index contributed by atoms with van der Waals surface area (Å²) in [5.41, 5.74) is 17.2. The molecular formula is C59H43N5. The number of hydrogen-bond acceptors (Lipinski definition) is 4. The number of nitrogens with zero attached hydrogens (tertiary/aromatic N) is 5. The standard InChI is InChI=1S/C59H43N5/c1-38-31-51-50-27-14-15-28-53(50)63(47-24-10-5-11-25-47)56(51)37-54(38)64(55-33-40-29-30-43(32-40)39(55)2)48-35-45-21-12-13-26-49(45)52(36-48)59-61-57(42-19-8-4-9-20-42)60-58(62-59)46-23-16-22-44(34-46)41-17-6-3-7-18-41/h3-28,31-37H,29-30H2,1-2H3. The monoisotopic (exact) mass is 821 g/mol. The molecule has 0 fully saturated rings. The predicted octanol–water partition coefficient (Wildman–Crippen LogP) is 15.0. The summed E-state index contributed by atoms with van der Waals surface area (Å²) in [4.78, 5) is 18.3. The lowest BCUT2D eigenvalue weighted by atomic mass is 9.99. The normalized spacial score (nSPS) is 12.1. The second-order valence-corrected chi connectivity index (χ2v) is 16.9. The van der Waals surface area contributed by atoms with Crippen LogP contribution in [0.1, 0.15) is 22.3 Å². The quantitative estimate of drug-likeness (QED) is 0.153. The maximum atomic E-state index is 5.37. The molecule has 0 unspecified atom stereocenters. The Morgan fingerprint density at radius 2 is 1.08 bits per heavy atom. The molecule has 5 heteroatoms. The molecule has 0 atom stereocenters. The fourth-order valence-electron chi connectivity index (χ4n) is 9.77. The third kappa shape index (κ3) is 6.44. The van der Waals surface area contributed by atoms with E-state index in [1.807, 2.05) is 24.3 Å². The zero-order valence-corrected chi connectivity index (χ0v) is 35.7. The van der Waals surface area contributed by atoms with Crippen LogP contribution in [-0.4, -0.2) is 19.5 Å². The number of fused-ring (bicyclic) bond motifs is 6. The summed E-state index contributed by atoms with van der Waals surface area (Å²) in [5.74, 6) is 1.88. The molecule has 0 N–H and O–H groups in total. The second kappa shape index (κ2) is 15.3. The Labute approximate surface area is 372 Å². The molecule has 1 aliphatic rings. The van der Waals surface area contributed by atoms with E-state index >= 15 is 0 Å². The number of rotatable bonds is 8. The zero-order valence-electron chi connectivity index (χ0n) is 35.7. The molecule has 0 radical (unpaired) electrons. The van der Waals surface area contributed by atoms with E-state index in [-0.39, 0.29) is 0 Å². The van der Waals surface area contributed by atoms with Gasteiger partial charge < -0.3 is 9.47 Å². The van der Waals surface area contributed by atoms with Gasteiger partial charge in [0.05, 0.1) is 16.7 Å². The highest BCUT2D eigenvalue weighted by molar-refractivity contribution is 6.11. The Morgan fingerprint density at radius 3 is 1.88 bits per heavy atom. The third-order valence-corrected chi connectivity index (χ3v) is 13.0. The molecule has 1 aliphatic carbocycles. The molecule has 0 saturated heterocycles. The van der Waals surface area contributed by atoms with E-state index in [4.69, 9.17) is 15.0 Å². The summed E-state index contributed by atoms with van der Waals surface area (Å²) in [6.07, 6.45) is 2.11. The van der Waals surface area contributed by atoms with Gasteiger partial charge in [0.25, 0.3) is 0 Å². The van der Waals surface area contributed by atoms with E-state index in [9.17, 15) is 0 Å². The lowest BCUT2D eigenvalue weighted by Crippen LogP contribution is -2.14. The van der Waals surface area contributed by atoms with E-state index in [2.05, 4.69) is 199 Å². The summed E-state index contributed by atoms with van der Waals surface area (Å²) in [5, 5.41) is 4.66. The maximum absolute atomic E-state index is 5.37. The molecule has 64 heavy (non-hydrogen) atoms. The summed E-state index contributed by atoms with van der Waals surface area (Å²) in [6.45, 7) is 4.55. The summed E-state index contributed by atoms with van der Waals surface area (Å²) >= 11 is 0. The fraction of sp³-hybridized carbons (Fsp3) is 0.0678. The van der Waals surface area contributed by atoms with Gasteiger partial charge in [-0.3, -0.25) is 0 Å². The van der Waals surface area contributed by atoms with E-state index in [1.54, 1.807) is 0 Å². The van der Waals surface area contributed by atoms with Gasteiger partial charge in [-0.1, -0.05) is 146 Å². The van der Waals surface area contributed by atoms with E-state index in [0.717, 1.165) is 74.0 Å². The predicted molar refractivity (Wildman–Crippen MR) is 265 cm³/mol. The highest BCUT2D eigenvalue weighted by atomic mass is 15.2. The molecule has 12 rings (SSSR count). The van der Waals surface area contributed by atoms with Crippen molar-refractivity contribution >= 4 is 49.6 Å². The molecule has 0 saturated carbocycles. The Morgan fingerprint density at radius 1 is 0.438 bits per heavy atom. The Bertz CT molecular complexity index is 3580. The number of hydrogen-bond donors (Lipinski definition) is 0. The van der Waals surface area contributed by atoms with Gasteiger partial charge in [-0.15, -0.1) is 0 Å². The molecule has 2 aromatic heterocycles. The third-order valence-electron chi connectivity index (χ3n) is 13.0. The SMILES string of the molecule is Cc1cc2c3ccccc3n(-c3ccccc3)c2cc1N(c1cc(-c2nc(-c3ccccc3)nc(-c3cccc(-c4ccccc4)c3)n2)c2ccccc2c1)c1cc2cc(c1C)CC2. The first-order valence-corrected chi connectivity index (χ1v) is 22.1. The van der Waals surface area contributed by atoms with Crippen LogP contribution in [-0.2, 0) is 12.8 Å². The molecule has 9 aromatic carbocycles. The van der Waals surface area contributed by atoms with Crippen LogP contribution < -0.4 is 4.90 Å². The van der Waals surface area contributed by atoms with Gasteiger partial charge in [-0.2, -0.15) is 0 Å². The first-order valence-electron chi connectivity index (χ1n) is 22.1. The molecule has 0 aliphatic heterocycles. The van der Waals surface area contributed by atoms with Crippen molar-refractivity contribution in [3.05, 3.63) is 222 Å². The van der Waals surface area contributed by atoms with Crippen molar-refractivity contribution in [2.24, 2.45) is 0 Å². The van der Waals surface area contributed by atoms with Crippen molar-refractivity contribution in [2.45, 2.75) is 26.7 Å². The minimum atomic E-state index is 0.624. The van der Waals surface area contributed by atoms with Gasteiger partial charge >= 0.3 is 0 Å². The fourth-order valence-corrected chi connectivity index (χ4v) is 9.77. The molecule has 0 amide bonds. The average Bonchev–Trinajstić information content (AvgIpc) is 3.92. The Kier molecular flexibility index (Phi) is 9.01. The number of aryl methyl sites for hydroxylation is 3. The van der Waals surface area contributed by atoms with Crippen molar-refractivity contribution in [2.75, 3.05) is 4.90 Å². The smallest absolute Gasteiger partial charge is 0.164 e. The van der Waals surface area contributed by atoms with Crippen LogP contribution in [0, 0.1) is 13.8 Å². The molecule has 0 spiro atoms. The number of aromatic nitrogens is 4. The largest absolute Gasteiger partial charge is 0.310 e. The van der Waals surface area contributed by atoms with Crippen molar-refractivity contribution in [3.8, 4) is 51.0 Å². The Hall–Kier alpha value is -8.15. The minimum absolute atomic E-state index is 0.624. The molecule has 5 nitrogen and oxygen atoms in total. The lowest BCUT2D eigenvalue weighted by molar-refractivity contribution is 1.02. The van der Waals surface area contributed by atoms with Crippen LogP contribution in [0.2, 0.25) is 0 Å². The second-order valence-electron chi connectivity index (χ2n) is 16.9. The molecule has 304 valence electrons. The number of anilines is 3. The summed E-state index contributed by atoms with van der Waals surface area (Å²) < 4.78 is 2.41. The van der Waals surface area contributed by atoms with Crippen LogP contribution in [0.3, 0.4) is 0 Å². The van der Waals surface area contributed by atoms with Crippen LogP contribution >= 0.6 is 0 Å². The van der Waals surface area contributed by atoms with Gasteiger partial charge in [-0.25, -0.2) is 15.0 Å². The van der Waals surface area contributed by atoms with E-state index < -0.39 is 0 Å². The minimum Gasteiger partial charge on any atom is -0.310 e. The van der Waals surface area contributed by atoms with E-state index in [1.165, 1.54) is 44.2 Å². The first kappa shape index (κ1) is 37.6. The van der Waals surface area contributed by atoms with Crippen LogP contribution in [0.4, 0.5) is 17.1 Å². The molecule has 11 aromatic rings. The lowest BCUT2D eigenvalue weighted by Gasteiger charge is -2.30. The van der Waals surface area contributed by atoms with Gasteiger partial charge in [-0.05, 0) is 125 Å². The van der Waals surface area contributed by atoms with Crippen molar-refractivity contribution in [1.82, 2.24) is 19.5 Å². The van der Waals surface area contributed by atoms with Crippen molar-refractivity contribution < 1.29 is 0 Å². The highest BCUT2D eigenvalue weighted by Gasteiger charge is 2.26. The van der Waals surface area contributed by atoms with Crippen LogP contribution in [0.15, 0.2) is 200 Å². The van der Waals surface area contributed by atoms with Crippen molar-refractivity contribution in [3.63, 3.8) is 0 Å². The topological polar surface area (TPSA) is 46.8 Å². The average molecular weight is 822 g/mol. The molecule has 2 bridgehead atoms. The van der Waals surface area contributed by atoms with Gasteiger partial charge in [0.1, 0.15) is 0 Å². The van der Waals surface area contributed by atoms with Gasteiger partial charge in [0.15, 0.2) is 17.5 Å². The van der Waals surface area contributed by atoms with Crippen LogP contribution in [0.25, 0.3) is 83.6 Å². The van der Waals surface area contributed by atoms with E-state index in [0.29, 0.717) is 17.5 Å².